The molecule has 0 saturated heterocycles. The van der Waals surface area contributed by atoms with Gasteiger partial charge in [-0.2, -0.15) is 0 Å². The molecule has 1 N–H and O–H groups in total. The van der Waals surface area contributed by atoms with Crippen LogP contribution in [0.3, 0.4) is 0 Å². The van der Waals surface area contributed by atoms with Gasteiger partial charge < -0.3 is 9.73 Å². The van der Waals surface area contributed by atoms with Gasteiger partial charge in [-0.1, -0.05) is 12.1 Å². The van der Waals surface area contributed by atoms with Crippen LogP contribution in [0.4, 0.5) is 11.6 Å². The molecule has 0 atom stereocenters. The van der Waals surface area contributed by atoms with Crippen molar-refractivity contribution in [3.05, 3.63) is 57.3 Å². The highest BCUT2D eigenvalue weighted by Crippen LogP contribution is 2.22. The minimum Gasteiger partial charge on any atom is -0.395 e. The molecular weight excluding hydrogens is 276 g/mol. The number of hydrogen-bond donors (Lipinski definition) is 1. The summed E-state index contributed by atoms with van der Waals surface area (Å²) in [5, 5.41) is 13.0. The normalized spacial score (nSPS) is 10.2. The fraction of sp³-hybridized carbons (Fsp3) is 0.143. The Labute approximate surface area is 119 Å². The van der Waals surface area contributed by atoms with E-state index in [0.29, 0.717) is 11.3 Å². The number of ketones is 1. The molecule has 0 aliphatic carbocycles. The molecule has 108 valence electrons. The number of rotatable bonds is 4. The SMILES string of the molecule is CC(=O)c1c(C)cccc1NC(=O)c1ccc([N+](=O)[O-])o1. The lowest BCUT2D eigenvalue weighted by Gasteiger charge is -2.10. The highest BCUT2D eigenvalue weighted by molar-refractivity contribution is 6.08. The fourth-order valence-electron chi connectivity index (χ4n) is 1.97. The average molecular weight is 288 g/mol. The Morgan fingerprint density at radius 1 is 1.24 bits per heavy atom. The first-order valence-electron chi connectivity index (χ1n) is 6.06. The lowest BCUT2D eigenvalue weighted by molar-refractivity contribution is -0.402. The van der Waals surface area contributed by atoms with Crippen LogP contribution in [0.15, 0.2) is 34.7 Å². The summed E-state index contributed by atoms with van der Waals surface area (Å²) in [7, 11) is 0. The zero-order valence-electron chi connectivity index (χ0n) is 11.4. The van der Waals surface area contributed by atoms with E-state index in [1.165, 1.54) is 13.0 Å². The van der Waals surface area contributed by atoms with Gasteiger partial charge in [0.15, 0.2) is 11.5 Å². The maximum Gasteiger partial charge on any atom is 0.433 e. The van der Waals surface area contributed by atoms with Crippen molar-refractivity contribution >= 4 is 23.3 Å². The average Bonchev–Trinajstić information content (AvgIpc) is 2.88. The number of furan rings is 1. The van der Waals surface area contributed by atoms with Crippen molar-refractivity contribution in [2.24, 2.45) is 0 Å². The number of nitrogens with zero attached hydrogens (tertiary/aromatic N) is 1. The van der Waals surface area contributed by atoms with Gasteiger partial charge in [-0.05, 0) is 31.5 Å². The van der Waals surface area contributed by atoms with E-state index in [1.54, 1.807) is 25.1 Å². The molecule has 0 aliphatic rings. The summed E-state index contributed by atoms with van der Waals surface area (Å²) in [4.78, 5) is 33.4. The zero-order chi connectivity index (χ0) is 15.6. The molecule has 0 bridgehead atoms. The van der Waals surface area contributed by atoms with Gasteiger partial charge in [0, 0.05) is 5.56 Å². The summed E-state index contributed by atoms with van der Waals surface area (Å²) in [6.45, 7) is 3.15. The summed E-state index contributed by atoms with van der Waals surface area (Å²) in [5.41, 5.74) is 1.46. The number of amides is 1. The number of carbonyl (C=O) groups is 2. The lowest BCUT2D eigenvalue weighted by atomic mass is 10.0. The number of carbonyl (C=O) groups excluding carboxylic acids is 2. The standard InChI is InChI=1S/C14H12N2O5/c1-8-4-3-5-10(13(8)9(2)17)15-14(18)11-6-7-12(21-11)16(19)20/h3-7H,1-2H3,(H,15,18). The van der Waals surface area contributed by atoms with Gasteiger partial charge in [-0.3, -0.25) is 19.7 Å². The maximum atomic E-state index is 12.0. The summed E-state index contributed by atoms with van der Waals surface area (Å²) >= 11 is 0. The summed E-state index contributed by atoms with van der Waals surface area (Å²) in [6, 6.07) is 7.33. The molecule has 0 spiro atoms. The Kier molecular flexibility index (Phi) is 3.84. The van der Waals surface area contributed by atoms with Gasteiger partial charge in [0.1, 0.15) is 4.92 Å². The highest BCUT2D eigenvalue weighted by atomic mass is 16.6. The first-order chi connectivity index (χ1) is 9.90. The van der Waals surface area contributed by atoms with Crippen LogP contribution in [0.2, 0.25) is 0 Å². The molecule has 1 aromatic heterocycles. The van der Waals surface area contributed by atoms with Crippen LogP contribution in [-0.4, -0.2) is 16.6 Å². The number of Topliss-reactive ketones (excluding diaryl/α,β-unsaturated/α-hetero) is 1. The Morgan fingerprint density at radius 2 is 1.95 bits per heavy atom. The monoisotopic (exact) mass is 288 g/mol. The van der Waals surface area contributed by atoms with E-state index >= 15 is 0 Å². The number of nitrogens with one attached hydrogen (secondary N) is 1. The van der Waals surface area contributed by atoms with Gasteiger partial charge in [-0.15, -0.1) is 0 Å². The maximum absolute atomic E-state index is 12.0. The summed E-state index contributed by atoms with van der Waals surface area (Å²) < 4.78 is 4.81. The van der Waals surface area contributed by atoms with Crippen LogP contribution < -0.4 is 5.32 Å². The topological polar surface area (TPSA) is 102 Å². The van der Waals surface area contributed by atoms with E-state index < -0.39 is 16.7 Å². The van der Waals surface area contributed by atoms with E-state index in [4.69, 9.17) is 4.42 Å². The van der Waals surface area contributed by atoms with Gasteiger partial charge in [-0.25, -0.2) is 0 Å². The molecule has 2 rings (SSSR count). The van der Waals surface area contributed by atoms with E-state index in [-0.39, 0.29) is 11.5 Å². The third-order valence-electron chi connectivity index (χ3n) is 2.87. The number of aryl methyl sites for hydroxylation is 1. The largest absolute Gasteiger partial charge is 0.433 e. The smallest absolute Gasteiger partial charge is 0.395 e. The molecule has 7 heteroatoms. The highest BCUT2D eigenvalue weighted by Gasteiger charge is 2.19. The summed E-state index contributed by atoms with van der Waals surface area (Å²) in [6.07, 6.45) is 0. The number of benzene rings is 1. The second-order valence-electron chi connectivity index (χ2n) is 4.40. The second-order valence-corrected chi connectivity index (χ2v) is 4.40. The Hall–Kier alpha value is -2.96. The van der Waals surface area contributed by atoms with Gasteiger partial charge >= 0.3 is 5.88 Å². The van der Waals surface area contributed by atoms with Crippen LogP contribution in [0, 0.1) is 17.0 Å². The quantitative estimate of drug-likeness (QED) is 0.529. The van der Waals surface area contributed by atoms with Crippen molar-refractivity contribution in [2.75, 3.05) is 5.32 Å². The van der Waals surface area contributed by atoms with Crippen molar-refractivity contribution in [1.29, 1.82) is 0 Å². The molecule has 0 aliphatic heterocycles. The molecule has 1 aromatic carbocycles. The molecule has 0 saturated carbocycles. The fourth-order valence-corrected chi connectivity index (χ4v) is 1.97. The van der Waals surface area contributed by atoms with Crippen molar-refractivity contribution in [1.82, 2.24) is 0 Å². The Morgan fingerprint density at radius 3 is 2.52 bits per heavy atom. The number of hydrogen-bond acceptors (Lipinski definition) is 5. The number of nitro groups is 1. The first kappa shape index (κ1) is 14.4. The predicted molar refractivity (Wildman–Crippen MR) is 74.5 cm³/mol. The van der Waals surface area contributed by atoms with Crippen LogP contribution in [-0.2, 0) is 0 Å². The first-order valence-corrected chi connectivity index (χ1v) is 6.06. The molecule has 0 unspecified atom stereocenters. The molecular formula is C14H12N2O5. The third kappa shape index (κ3) is 2.97. The van der Waals surface area contributed by atoms with Crippen LogP contribution in [0.5, 0.6) is 0 Å². The van der Waals surface area contributed by atoms with Crippen molar-refractivity contribution in [3.8, 4) is 0 Å². The van der Waals surface area contributed by atoms with Gasteiger partial charge in [0.25, 0.3) is 5.91 Å². The molecule has 0 fully saturated rings. The van der Waals surface area contributed by atoms with Crippen molar-refractivity contribution < 1.29 is 18.9 Å². The second kappa shape index (κ2) is 5.58. The minimum absolute atomic E-state index is 0.186. The molecule has 2 aromatic rings. The van der Waals surface area contributed by atoms with Gasteiger partial charge in [0.2, 0.25) is 0 Å². The van der Waals surface area contributed by atoms with E-state index in [9.17, 15) is 19.7 Å². The lowest BCUT2D eigenvalue weighted by Crippen LogP contribution is -2.14. The van der Waals surface area contributed by atoms with Gasteiger partial charge in [0.05, 0.1) is 11.8 Å². The zero-order valence-corrected chi connectivity index (χ0v) is 11.4. The Balaban J connectivity index is 2.29. The van der Waals surface area contributed by atoms with Crippen LogP contribution in [0.1, 0.15) is 33.4 Å². The molecule has 7 nitrogen and oxygen atoms in total. The van der Waals surface area contributed by atoms with Crippen molar-refractivity contribution in [3.63, 3.8) is 0 Å². The van der Waals surface area contributed by atoms with Crippen LogP contribution in [0.25, 0.3) is 0 Å². The minimum atomic E-state index is -0.732. The third-order valence-corrected chi connectivity index (χ3v) is 2.87. The molecule has 0 radical (unpaired) electrons. The molecule has 1 heterocycles. The van der Waals surface area contributed by atoms with Crippen molar-refractivity contribution in [2.45, 2.75) is 13.8 Å². The van der Waals surface area contributed by atoms with E-state index in [2.05, 4.69) is 5.32 Å². The van der Waals surface area contributed by atoms with E-state index in [1.807, 2.05) is 0 Å². The predicted octanol–water partition coefficient (Wildman–Crippen LogP) is 2.95. The molecule has 1 amide bonds. The summed E-state index contributed by atoms with van der Waals surface area (Å²) in [5.74, 6) is -1.56. The Bertz CT molecular complexity index is 733. The van der Waals surface area contributed by atoms with E-state index in [0.717, 1.165) is 11.6 Å². The number of anilines is 1. The molecule has 21 heavy (non-hydrogen) atoms. The van der Waals surface area contributed by atoms with Crippen LogP contribution >= 0.6 is 0 Å².